The number of primary amides is 1. The van der Waals surface area contributed by atoms with Gasteiger partial charge in [0.15, 0.2) is 0 Å². The molecule has 0 radical (unpaired) electrons. The first-order valence-corrected chi connectivity index (χ1v) is 7.47. The summed E-state index contributed by atoms with van der Waals surface area (Å²) >= 11 is 0. The molecule has 0 saturated heterocycles. The molecule has 0 aliphatic heterocycles. The Morgan fingerprint density at radius 1 is 1.00 bits per heavy atom. The van der Waals surface area contributed by atoms with E-state index < -0.39 is 11.9 Å². The number of hydrogen-bond acceptors (Lipinski definition) is 3. The number of benzene rings is 2. The van der Waals surface area contributed by atoms with E-state index >= 15 is 0 Å². The van der Waals surface area contributed by atoms with Crippen molar-refractivity contribution < 1.29 is 14.4 Å². The Morgan fingerprint density at radius 3 is 2.17 bits per heavy atom. The van der Waals surface area contributed by atoms with Crippen molar-refractivity contribution in [3.05, 3.63) is 65.7 Å². The van der Waals surface area contributed by atoms with Crippen molar-refractivity contribution in [2.75, 3.05) is 5.32 Å². The molecule has 0 saturated carbocycles. The molecule has 2 aromatic rings. The summed E-state index contributed by atoms with van der Waals surface area (Å²) in [6.07, 6.45) is 0.0984. The molecule has 0 aromatic heterocycles. The fourth-order valence-corrected chi connectivity index (χ4v) is 2.30. The van der Waals surface area contributed by atoms with E-state index in [1.165, 1.54) is 6.92 Å². The summed E-state index contributed by atoms with van der Waals surface area (Å²) in [6.45, 7) is 1.41. The number of carbonyl (C=O) groups is 3. The Labute approximate surface area is 140 Å². The van der Waals surface area contributed by atoms with Gasteiger partial charge in [-0.05, 0) is 29.8 Å². The Kier molecular flexibility index (Phi) is 5.68. The minimum absolute atomic E-state index is 0.0984. The Hall–Kier alpha value is -3.15. The molecule has 2 rings (SSSR count). The second-order valence-electron chi connectivity index (χ2n) is 5.36. The minimum Gasteiger partial charge on any atom is -0.366 e. The van der Waals surface area contributed by atoms with Crippen LogP contribution in [0.3, 0.4) is 0 Å². The third-order valence-corrected chi connectivity index (χ3v) is 3.42. The first-order valence-electron chi connectivity index (χ1n) is 7.47. The first kappa shape index (κ1) is 17.2. The van der Waals surface area contributed by atoms with Gasteiger partial charge in [-0.25, -0.2) is 0 Å². The van der Waals surface area contributed by atoms with E-state index in [9.17, 15) is 14.4 Å². The summed E-state index contributed by atoms with van der Waals surface area (Å²) in [5.41, 5.74) is 6.95. The van der Waals surface area contributed by atoms with E-state index in [1.807, 2.05) is 30.3 Å². The molecule has 6 nitrogen and oxygen atoms in total. The molecule has 0 bridgehead atoms. The summed E-state index contributed by atoms with van der Waals surface area (Å²) < 4.78 is 0. The zero-order valence-electron chi connectivity index (χ0n) is 13.3. The van der Waals surface area contributed by atoms with Gasteiger partial charge in [0, 0.05) is 18.2 Å². The molecule has 4 N–H and O–H groups in total. The van der Waals surface area contributed by atoms with Gasteiger partial charge < -0.3 is 16.4 Å². The predicted octanol–water partition coefficient (Wildman–Crippen LogP) is 1.99. The van der Waals surface area contributed by atoms with Crippen LogP contribution in [0.1, 0.15) is 35.3 Å². The van der Waals surface area contributed by atoms with Gasteiger partial charge in [0.25, 0.3) is 0 Å². The van der Waals surface area contributed by atoms with Crippen molar-refractivity contribution >= 4 is 23.4 Å². The van der Waals surface area contributed by atoms with E-state index in [4.69, 9.17) is 5.73 Å². The van der Waals surface area contributed by atoms with Crippen LogP contribution < -0.4 is 16.4 Å². The van der Waals surface area contributed by atoms with Crippen LogP contribution in [0.4, 0.5) is 5.69 Å². The maximum atomic E-state index is 12.2. The highest BCUT2D eigenvalue weighted by Gasteiger charge is 2.17. The Balaban J connectivity index is 2.04. The number of nitrogens with two attached hydrogens (primary N) is 1. The number of nitrogens with one attached hydrogen (secondary N) is 2. The lowest BCUT2D eigenvalue weighted by Gasteiger charge is -2.18. The third kappa shape index (κ3) is 4.95. The monoisotopic (exact) mass is 325 g/mol. The van der Waals surface area contributed by atoms with Crippen LogP contribution in [0.25, 0.3) is 0 Å². The number of amides is 3. The molecule has 0 heterocycles. The van der Waals surface area contributed by atoms with Gasteiger partial charge in [-0.2, -0.15) is 0 Å². The van der Waals surface area contributed by atoms with Gasteiger partial charge in [-0.15, -0.1) is 0 Å². The fourth-order valence-electron chi connectivity index (χ4n) is 2.30. The lowest BCUT2D eigenvalue weighted by Crippen LogP contribution is -2.29. The molecule has 0 aliphatic carbocycles. The van der Waals surface area contributed by atoms with Gasteiger partial charge >= 0.3 is 0 Å². The maximum Gasteiger partial charge on any atom is 0.248 e. The van der Waals surface area contributed by atoms with Crippen LogP contribution in [0.15, 0.2) is 54.6 Å². The molecule has 124 valence electrons. The largest absolute Gasteiger partial charge is 0.366 e. The van der Waals surface area contributed by atoms with Gasteiger partial charge in [-0.3, -0.25) is 14.4 Å². The molecule has 0 fully saturated rings. The molecule has 0 spiro atoms. The minimum atomic E-state index is -0.525. The third-order valence-electron chi connectivity index (χ3n) is 3.42. The second kappa shape index (κ2) is 7.92. The number of rotatable bonds is 6. The number of hydrogen-bond donors (Lipinski definition) is 3. The Morgan fingerprint density at radius 2 is 1.62 bits per heavy atom. The average Bonchev–Trinajstić information content (AvgIpc) is 2.55. The van der Waals surface area contributed by atoms with Gasteiger partial charge in [-0.1, -0.05) is 30.3 Å². The summed E-state index contributed by atoms with van der Waals surface area (Å²) in [4.78, 5) is 34.7. The molecule has 0 unspecified atom stereocenters. The van der Waals surface area contributed by atoms with E-state index in [0.29, 0.717) is 11.3 Å². The lowest BCUT2D eigenvalue weighted by molar-refractivity contribution is -0.120. The number of carbonyl (C=O) groups excluding carboxylic acids is 3. The van der Waals surface area contributed by atoms with Crippen LogP contribution in [0.5, 0.6) is 0 Å². The highest BCUT2D eigenvalue weighted by atomic mass is 16.2. The maximum absolute atomic E-state index is 12.2. The van der Waals surface area contributed by atoms with E-state index in [-0.39, 0.29) is 18.2 Å². The molecular formula is C18H19N3O3. The standard InChI is InChI=1S/C18H19N3O3/c1-12(22)20-16(13-5-3-2-4-6-13)11-17(23)21-15-9-7-14(8-10-15)18(19)24/h2-10,16H,11H2,1H3,(H2,19,24)(H,20,22)(H,21,23)/t16-/m0/s1. The lowest BCUT2D eigenvalue weighted by atomic mass is 10.0. The van der Waals surface area contributed by atoms with Crippen molar-refractivity contribution in [2.45, 2.75) is 19.4 Å². The fraction of sp³-hybridized carbons (Fsp3) is 0.167. The normalized spacial score (nSPS) is 11.4. The summed E-state index contributed by atoms with van der Waals surface area (Å²) in [5, 5.41) is 5.52. The summed E-state index contributed by atoms with van der Waals surface area (Å²) in [6, 6.07) is 15.2. The number of anilines is 1. The molecule has 6 heteroatoms. The molecule has 2 aromatic carbocycles. The topological polar surface area (TPSA) is 101 Å². The summed E-state index contributed by atoms with van der Waals surface area (Å²) in [5.74, 6) is -0.977. The quantitative estimate of drug-likeness (QED) is 0.757. The highest BCUT2D eigenvalue weighted by Crippen LogP contribution is 2.18. The smallest absolute Gasteiger partial charge is 0.248 e. The van der Waals surface area contributed by atoms with Crippen LogP contribution in [0.2, 0.25) is 0 Å². The zero-order valence-corrected chi connectivity index (χ0v) is 13.3. The second-order valence-corrected chi connectivity index (χ2v) is 5.36. The molecule has 1 atom stereocenters. The molecule has 0 aliphatic rings. The van der Waals surface area contributed by atoms with Crippen LogP contribution in [-0.4, -0.2) is 17.7 Å². The van der Waals surface area contributed by atoms with Gasteiger partial charge in [0.2, 0.25) is 17.7 Å². The molecular weight excluding hydrogens is 306 g/mol. The van der Waals surface area contributed by atoms with E-state index in [1.54, 1.807) is 24.3 Å². The van der Waals surface area contributed by atoms with Crippen molar-refractivity contribution in [1.82, 2.24) is 5.32 Å². The molecule has 3 amide bonds. The SMILES string of the molecule is CC(=O)N[C@@H](CC(=O)Nc1ccc(C(N)=O)cc1)c1ccccc1. The van der Waals surface area contributed by atoms with Crippen molar-refractivity contribution in [1.29, 1.82) is 0 Å². The summed E-state index contributed by atoms with van der Waals surface area (Å²) in [7, 11) is 0. The zero-order chi connectivity index (χ0) is 17.5. The van der Waals surface area contributed by atoms with Crippen LogP contribution in [-0.2, 0) is 9.59 Å². The first-order chi connectivity index (χ1) is 11.5. The average molecular weight is 325 g/mol. The van der Waals surface area contributed by atoms with Crippen LogP contribution >= 0.6 is 0 Å². The highest BCUT2D eigenvalue weighted by molar-refractivity contribution is 5.95. The van der Waals surface area contributed by atoms with E-state index in [2.05, 4.69) is 10.6 Å². The predicted molar refractivity (Wildman–Crippen MR) is 91.2 cm³/mol. The van der Waals surface area contributed by atoms with E-state index in [0.717, 1.165) is 5.56 Å². The molecule has 24 heavy (non-hydrogen) atoms. The van der Waals surface area contributed by atoms with Crippen molar-refractivity contribution in [2.24, 2.45) is 5.73 Å². The Bertz CT molecular complexity index is 727. The van der Waals surface area contributed by atoms with Gasteiger partial charge in [0.05, 0.1) is 12.5 Å². The van der Waals surface area contributed by atoms with Crippen molar-refractivity contribution in [3.8, 4) is 0 Å². The van der Waals surface area contributed by atoms with Crippen LogP contribution in [0, 0.1) is 0 Å². The van der Waals surface area contributed by atoms with Gasteiger partial charge in [0.1, 0.15) is 0 Å². The van der Waals surface area contributed by atoms with Crippen molar-refractivity contribution in [3.63, 3.8) is 0 Å².